The topological polar surface area (TPSA) is 60.4 Å². The molecule has 1 aromatic rings. The number of rotatable bonds is 1. The van der Waals surface area contributed by atoms with Crippen LogP contribution in [0.2, 0.25) is 0 Å². The van der Waals surface area contributed by atoms with Crippen molar-refractivity contribution in [2.75, 3.05) is 7.11 Å². The Hall–Kier alpha value is -1.88. The summed E-state index contributed by atoms with van der Waals surface area (Å²) < 4.78 is 31.0. The second-order valence-corrected chi connectivity index (χ2v) is 9.75. The highest BCUT2D eigenvalue weighted by molar-refractivity contribution is 7.96. The standard InChI is InChI=1S/C20H22O4S/c1-12-10-18(21)20(2)17-8-4-13-11-14(24-3)5-6-15(13)16(17)7-9-19(20)25(12,22)23/h5-7,10-11,17,19H,4,8-9H2,1-3H3/t17-,19+,20-/m1/s1. The minimum absolute atomic E-state index is 0.0441. The van der Waals surface area contributed by atoms with Crippen LogP contribution in [-0.4, -0.2) is 26.6 Å². The molecule has 1 aliphatic heterocycles. The SMILES string of the molecule is COc1ccc2c(c1)CC[C@@H]1C2=CC[C@H]2[C@@]1(C)C(=O)C=C(C)S2(=O)=O. The van der Waals surface area contributed by atoms with Crippen molar-refractivity contribution in [1.82, 2.24) is 0 Å². The molecule has 1 aromatic carbocycles. The first-order chi connectivity index (χ1) is 11.8. The van der Waals surface area contributed by atoms with Crippen molar-refractivity contribution >= 4 is 21.2 Å². The van der Waals surface area contributed by atoms with Crippen LogP contribution < -0.4 is 4.74 Å². The van der Waals surface area contributed by atoms with Crippen LogP contribution in [0.5, 0.6) is 5.75 Å². The molecule has 2 aliphatic carbocycles. The van der Waals surface area contributed by atoms with Crippen molar-refractivity contribution < 1.29 is 17.9 Å². The summed E-state index contributed by atoms with van der Waals surface area (Å²) in [6.45, 7) is 3.39. The maximum absolute atomic E-state index is 12.9. The number of sulfone groups is 1. The van der Waals surface area contributed by atoms with E-state index in [0.29, 0.717) is 6.42 Å². The number of ketones is 1. The lowest BCUT2D eigenvalue weighted by Gasteiger charge is -2.49. The minimum atomic E-state index is -3.42. The molecule has 1 heterocycles. The summed E-state index contributed by atoms with van der Waals surface area (Å²) in [6.07, 6.45) is 5.40. The number of ether oxygens (including phenoxy) is 1. The van der Waals surface area contributed by atoms with E-state index in [1.165, 1.54) is 18.6 Å². The fourth-order valence-corrected chi connectivity index (χ4v) is 6.83. The van der Waals surface area contributed by atoms with E-state index < -0.39 is 20.5 Å². The fraction of sp³-hybridized carbons (Fsp3) is 0.450. The van der Waals surface area contributed by atoms with Crippen LogP contribution in [0, 0.1) is 11.3 Å². The van der Waals surface area contributed by atoms with E-state index in [1.807, 2.05) is 31.2 Å². The highest BCUT2D eigenvalue weighted by Crippen LogP contribution is 2.55. The van der Waals surface area contributed by atoms with Crippen LogP contribution in [0.15, 0.2) is 35.3 Å². The molecule has 0 amide bonds. The van der Waals surface area contributed by atoms with E-state index in [4.69, 9.17) is 4.74 Å². The fourth-order valence-electron chi connectivity index (χ4n) is 4.83. The van der Waals surface area contributed by atoms with Crippen LogP contribution in [0.1, 0.15) is 37.8 Å². The van der Waals surface area contributed by atoms with Crippen molar-refractivity contribution in [3.05, 3.63) is 46.4 Å². The number of hydrogen-bond donors (Lipinski definition) is 0. The highest BCUT2D eigenvalue weighted by Gasteiger charge is 2.57. The summed E-state index contributed by atoms with van der Waals surface area (Å²) in [5.74, 6) is 0.726. The molecule has 0 aromatic heterocycles. The summed E-state index contributed by atoms with van der Waals surface area (Å²) in [7, 11) is -1.76. The molecule has 3 atom stereocenters. The average molecular weight is 358 g/mol. The summed E-state index contributed by atoms with van der Waals surface area (Å²) in [6, 6.07) is 6.02. The third-order valence-electron chi connectivity index (χ3n) is 6.33. The molecular formula is C20H22O4S. The quantitative estimate of drug-likeness (QED) is 0.773. The Labute approximate surface area is 148 Å². The van der Waals surface area contributed by atoms with Gasteiger partial charge in [-0.1, -0.05) is 19.1 Å². The number of benzene rings is 1. The first-order valence-electron chi connectivity index (χ1n) is 8.64. The molecule has 3 aliphatic rings. The summed E-state index contributed by atoms with van der Waals surface area (Å²) in [4.78, 5) is 13.1. The maximum Gasteiger partial charge on any atom is 0.178 e. The number of carbonyl (C=O) groups is 1. The Morgan fingerprint density at radius 3 is 2.76 bits per heavy atom. The van der Waals surface area contributed by atoms with Crippen molar-refractivity contribution in [1.29, 1.82) is 0 Å². The second kappa shape index (κ2) is 5.31. The lowest BCUT2D eigenvalue weighted by Crippen LogP contribution is -2.54. The van der Waals surface area contributed by atoms with Gasteiger partial charge in [-0.3, -0.25) is 4.79 Å². The molecule has 0 unspecified atom stereocenters. The lowest BCUT2D eigenvalue weighted by molar-refractivity contribution is -0.125. The van der Waals surface area contributed by atoms with Gasteiger partial charge in [0.05, 0.1) is 17.8 Å². The van der Waals surface area contributed by atoms with Crippen LogP contribution in [0.4, 0.5) is 0 Å². The van der Waals surface area contributed by atoms with E-state index in [0.717, 1.165) is 29.7 Å². The molecule has 4 nitrogen and oxygen atoms in total. The highest BCUT2D eigenvalue weighted by atomic mass is 32.2. The van der Waals surface area contributed by atoms with Crippen molar-refractivity contribution in [3.8, 4) is 5.75 Å². The molecule has 0 spiro atoms. The Balaban J connectivity index is 1.87. The van der Waals surface area contributed by atoms with Gasteiger partial charge in [-0.25, -0.2) is 8.42 Å². The maximum atomic E-state index is 12.9. The zero-order chi connectivity index (χ0) is 18.0. The Morgan fingerprint density at radius 1 is 1.28 bits per heavy atom. The van der Waals surface area contributed by atoms with E-state index >= 15 is 0 Å². The third-order valence-corrected chi connectivity index (χ3v) is 8.78. The largest absolute Gasteiger partial charge is 0.497 e. The Morgan fingerprint density at radius 2 is 2.04 bits per heavy atom. The van der Waals surface area contributed by atoms with E-state index in [9.17, 15) is 13.2 Å². The predicted molar refractivity (Wildman–Crippen MR) is 97.0 cm³/mol. The van der Waals surface area contributed by atoms with Gasteiger partial charge >= 0.3 is 0 Å². The van der Waals surface area contributed by atoms with Gasteiger partial charge in [0.1, 0.15) is 5.75 Å². The lowest BCUT2D eigenvalue weighted by atomic mass is 9.59. The summed E-state index contributed by atoms with van der Waals surface area (Å²) >= 11 is 0. The number of allylic oxidation sites excluding steroid dienone is 4. The van der Waals surface area contributed by atoms with Crippen molar-refractivity contribution in [3.63, 3.8) is 0 Å². The van der Waals surface area contributed by atoms with E-state index in [1.54, 1.807) is 7.11 Å². The van der Waals surface area contributed by atoms with Gasteiger partial charge in [0.25, 0.3) is 0 Å². The van der Waals surface area contributed by atoms with Crippen LogP contribution >= 0.6 is 0 Å². The molecule has 0 fully saturated rings. The van der Waals surface area contributed by atoms with Crippen LogP contribution in [-0.2, 0) is 21.1 Å². The minimum Gasteiger partial charge on any atom is -0.497 e. The zero-order valence-corrected chi connectivity index (χ0v) is 15.5. The van der Waals surface area contributed by atoms with Gasteiger partial charge in [-0.2, -0.15) is 0 Å². The first kappa shape index (κ1) is 16.6. The molecule has 5 heteroatoms. The molecule has 0 N–H and O–H groups in total. The summed E-state index contributed by atoms with van der Waals surface area (Å²) in [5, 5.41) is -0.647. The molecule has 25 heavy (non-hydrogen) atoms. The summed E-state index contributed by atoms with van der Waals surface area (Å²) in [5.41, 5.74) is 2.59. The smallest absolute Gasteiger partial charge is 0.178 e. The Kier molecular flexibility index (Phi) is 3.52. The number of carbonyl (C=O) groups excluding carboxylic acids is 1. The molecule has 0 bridgehead atoms. The average Bonchev–Trinajstić information content (AvgIpc) is 2.59. The zero-order valence-electron chi connectivity index (χ0n) is 14.7. The van der Waals surface area contributed by atoms with Gasteiger partial charge in [0.2, 0.25) is 0 Å². The number of fused-ring (bicyclic) bond motifs is 5. The molecular weight excluding hydrogens is 336 g/mol. The van der Waals surface area contributed by atoms with Gasteiger partial charge in [0.15, 0.2) is 15.6 Å². The van der Waals surface area contributed by atoms with Gasteiger partial charge < -0.3 is 4.74 Å². The molecule has 0 saturated carbocycles. The van der Waals surface area contributed by atoms with E-state index in [2.05, 4.69) is 0 Å². The van der Waals surface area contributed by atoms with E-state index in [-0.39, 0.29) is 16.6 Å². The van der Waals surface area contributed by atoms with Crippen LogP contribution in [0.25, 0.3) is 5.57 Å². The molecule has 0 saturated heterocycles. The molecule has 4 rings (SSSR count). The number of hydrogen-bond acceptors (Lipinski definition) is 4. The predicted octanol–water partition coefficient (Wildman–Crippen LogP) is 3.32. The third kappa shape index (κ3) is 2.11. The number of methoxy groups -OCH3 is 1. The van der Waals surface area contributed by atoms with Crippen LogP contribution in [0.3, 0.4) is 0 Å². The molecule has 132 valence electrons. The molecule has 0 radical (unpaired) electrons. The normalized spacial score (nSPS) is 32.7. The van der Waals surface area contributed by atoms with Gasteiger partial charge in [0, 0.05) is 4.91 Å². The van der Waals surface area contributed by atoms with Crippen molar-refractivity contribution in [2.45, 2.75) is 38.4 Å². The van der Waals surface area contributed by atoms with Crippen molar-refractivity contribution in [2.24, 2.45) is 11.3 Å². The first-order valence-corrected chi connectivity index (χ1v) is 10.2. The van der Waals surface area contributed by atoms with Gasteiger partial charge in [-0.15, -0.1) is 0 Å². The Bertz CT molecular complexity index is 938. The monoisotopic (exact) mass is 358 g/mol. The number of aryl methyl sites for hydroxylation is 1. The second-order valence-electron chi connectivity index (χ2n) is 7.45. The van der Waals surface area contributed by atoms with Gasteiger partial charge in [-0.05, 0) is 67.0 Å².